The Balaban J connectivity index is 3.02. The number of halogens is 2. The second-order valence-electron chi connectivity index (χ2n) is 4.40. The van der Waals surface area contributed by atoms with Crippen molar-refractivity contribution in [3.05, 3.63) is 28.2 Å². The van der Waals surface area contributed by atoms with E-state index in [-0.39, 0.29) is 27.4 Å². The van der Waals surface area contributed by atoms with E-state index >= 15 is 0 Å². The van der Waals surface area contributed by atoms with Gasteiger partial charge in [-0.3, -0.25) is 4.79 Å². The van der Waals surface area contributed by atoms with Crippen LogP contribution in [-0.2, 0) is 14.8 Å². The highest BCUT2D eigenvalue weighted by Gasteiger charge is 2.26. The van der Waals surface area contributed by atoms with Crippen LogP contribution in [0.3, 0.4) is 0 Å². The van der Waals surface area contributed by atoms with E-state index in [1.54, 1.807) is 4.90 Å². The molecule has 21 heavy (non-hydrogen) atoms. The predicted octanol–water partition coefficient (Wildman–Crippen LogP) is 2.48. The maximum atomic E-state index is 12.5. The molecule has 0 saturated carbocycles. The standard InChI is InChI=1S/C13H18Cl2N2O3S/c1-4-17(5-2)13(18)9-16(3)21(19,20)12-8-10(14)6-7-11(12)15/h6-8H,4-5,9H2,1-3H3. The second kappa shape index (κ2) is 7.45. The Labute approximate surface area is 135 Å². The predicted molar refractivity (Wildman–Crippen MR) is 84.2 cm³/mol. The molecule has 0 aliphatic carbocycles. The van der Waals surface area contributed by atoms with Gasteiger partial charge >= 0.3 is 0 Å². The fraction of sp³-hybridized carbons (Fsp3) is 0.462. The fourth-order valence-corrected chi connectivity index (χ4v) is 3.65. The Morgan fingerprint density at radius 3 is 2.29 bits per heavy atom. The molecule has 0 fully saturated rings. The minimum Gasteiger partial charge on any atom is -0.342 e. The lowest BCUT2D eigenvalue weighted by atomic mass is 10.4. The van der Waals surface area contributed by atoms with Crippen LogP contribution >= 0.6 is 23.2 Å². The molecule has 0 unspecified atom stereocenters. The van der Waals surface area contributed by atoms with Crippen molar-refractivity contribution in [1.82, 2.24) is 9.21 Å². The maximum absolute atomic E-state index is 12.5. The third-order valence-electron chi connectivity index (χ3n) is 3.06. The van der Waals surface area contributed by atoms with Gasteiger partial charge in [-0.05, 0) is 32.0 Å². The topological polar surface area (TPSA) is 57.7 Å². The Kier molecular flexibility index (Phi) is 6.46. The fourth-order valence-electron chi connectivity index (χ4n) is 1.79. The SMILES string of the molecule is CCN(CC)C(=O)CN(C)S(=O)(=O)c1cc(Cl)ccc1Cl. The van der Waals surface area contributed by atoms with E-state index in [4.69, 9.17) is 23.2 Å². The summed E-state index contributed by atoms with van der Waals surface area (Å²) in [5, 5.41) is 0.336. The van der Waals surface area contributed by atoms with E-state index in [2.05, 4.69) is 0 Å². The number of nitrogens with zero attached hydrogens (tertiary/aromatic N) is 2. The number of sulfonamides is 1. The van der Waals surface area contributed by atoms with Crippen LogP contribution < -0.4 is 0 Å². The first-order valence-corrected chi connectivity index (χ1v) is 8.62. The molecule has 5 nitrogen and oxygen atoms in total. The third-order valence-corrected chi connectivity index (χ3v) is 5.58. The average molecular weight is 353 g/mol. The van der Waals surface area contributed by atoms with Gasteiger partial charge in [0, 0.05) is 25.2 Å². The van der Waals surface area contributed by atoms with Crippen LogP contribution in [0.15, 0.2) is 23.1 Å². The van der Waals surface area contributed by atoms with Gasteiger partial charge in [-0.1, -0.05) is 23.2 Å². The van der Waals surface area contributed by atoms with E-state index in [1.165, 1.54) is 25.2 Å². The zero-order chi connectivity index (χ0) is 16.2. The van der Waals surface area contributed by atoms with Gasteiger partial charge in [-0.2, -0.15) is 4.31 Å². The van der Waals surface area contributed by atoms with Crippen LogP contribution in [0, 0.1) is 0 Å². The van der Waals surface area contributed by atoms with E-state index < -0.39 is 10.0 Å². The zero-order valence-electron chi connectivity index (χ0n) is 12.1. The van der Waals surface area contributed by atoms with E-state index in [9.17, 15) is 13.2 Å². The molecule has 8 heteroatoms. The first kappa shape index (κ1) is 18.2. The van der Waals surface area contributed by atoms with Crippen LogP contribution in [-0.4, -0.2) is 50.2 Å². The number of carbonyl (C=O) groups excluding carboxylic acids is 1. The molecule has 0 aliphatic heterocycles. The van der Waals surface area contributed by atoms with Crippen molar-refractivity contribution in [1.29, 1.82) is 0 Å². The molecule has 1 rings (SSSR count). The number of amides is 1. The summed E-state index contributed by atoms with van der Waals surface area (Å²) in [5.41, 5.74) is 0. The molecule has 1 amide bonds. The molecule has 118 valence electrons. The molecule has 0 saturated heterocycles. The lowest BCUT2D eigenvalue weighted by Crippen LogP contribution is -2.41. The van der Waals surface area contributed by atoms with Crippen molar-refractivity contribution in [2.75, 3.05) is 26.7 Å². The molecular weight excluding hydrogens is 335 g/mol. The Bertz CT molecular complexity index is 616. The van der Waals surface area contributed by atoms with Crippen LogP contribution in [0.2, 0.25) is 10.0 Å². The smallest absolute Gasteiger partial charge is 0.244 e. The van der Waals surface area contributed by atoms with Crippen molar-refractivity contribution in [3.63, 3.8) is 0 Å². The lowest BCUT2D eigenvalue weighted by molar-refractivity contribution is -0.130. The molecular formula is C13H18Cl2N2O3S. The quantitative estimate of drug-likeness (QED) is 0.790. The third kappa shape index (κ3) is 4.32. The van der Waals surface area contributed by atoms with Gasteiger partial charge in [0.1, 0.15) is 4.90 Å². The molecule has 0 atom stereocenters. The Morgan fingerprint density at radius 2 is 1.76 bits per heavy atom. The highest BCUT2D eigenvalue weighted by atomic mass is 35.5. The molecule has 1 aromatic carbocycles. The maximum Gasteiger partial charge on any atom is 0.244 e. The van der Waals surface area contributed by atoms with Gasteiger partial charge in [0.05, 0.1) is 11.6 Å². The lowest BCUT2D eigenvalue weighted by Gasteiger charge is -2.23. The Hall–Kier alpha value is -0.820. The number of carbonyl (C=O) groups is 1. The summed E-state index contributed by atoms with van der Waals surface area (Å²) >= 11 is 11.7. The highest BCUT2D eigenvalue weighted by Crippen LogP contribution is 2.27. The molecule has 0 aliphatic rings. The van der Waals surface area contributed by atoms with Crippen LogP contribution in [0.4, 0.5) is 0 Å². The van der Waals surface area contributed by atoms with Gasteiger partial charge in [0.15, 0.2) is 0 Å². The zero-order valence-corrected chi connectivity index (χ0v) is 14.5. The summed E-state index contributed by atoms with van der Waals surface area (Å²) in [6.07, 6.45) is 0. The number of hydrogen-bond donors (Lipinski definition) is 0. The summed E-state index contributed by atoms with van der Waals surface area (Å²) in [6, 6.07) is 4.19. The Morgan fingerprint density at radius 1 is 1.19 bits per heavy atom. The first-order chi connectivity index (χ1) is 9.73. The number of likely N-dealkylation sites (N-methyl/N-ethyl adjacent to an activating group) is 2. The van der Waals surface area contributed by atoms with E-state index in [1.807, 2.05) is 13.8 Å². The van der Waals surface area contributed by atoms with Crippen molar-refractivity contribution < 1.29 is 13.2 Å². The van der Waals surface area contributed by atoms with Crippen molar-refractivity contribution in [3.8, 4) is 0 Å². The van der Waals surface area contributed by atoms with Crippen LogP contribution in [0.25, 0.3) is 0 Å². The van der Waals surface area contributed by atoms with Crippen LogP contribution in [0.1, 0.15) is 13.8 Å². The van der Waals surface area contributed by atoms with Gasteiger partial charge < -0.3 is 4.90 Å². The summed E-state index contributed by atoms with van der Waals surface area (Å²) in [4.78, 5) is 13.5. The minimum atomic E-state index is -3.87. The summed E-state index contributed by atoms with van der Waals surface area (Å²) in [5.74, 6) is -0.260. The largest absolute Gasteiger partial charge is 0.342 e. The molecule has 0 aromatic heterocycles. The number of benzene rings is 1. The number of rotatable bonds is 6. The normalized spacial score (nSPS) is 11.7. The summed E-state index contributed by atoms with van der Waals surface area (Å²) in [6.45, 7) is 4.49. The van der Waals surface area contributed by atoms with E-state index in [0.29, 0.717) is 13.1 Å². The average Bonchev–Trinajstić information content (AvgIpc) is 2.42. The van der Waals surface area contributed by atoms with Gasteiger partial charge in [-0.15, -0.1) is 0 Å². The second-order valence-corrected chi connectivity index (χ2v) is 7.26. The highest BCUT2D eigenvalue weighted by molar-refractivity contribution is 7.89. The minimum absolute atomic E-state index is 0.0709. The summed E-state index contributed by atoms with van der Waals surface area (Å²) < 4.78 is 25.9. The van der Waals surface area contributed by atoms with Crippen molar-refractivity contribution in [2.45, 2.75) is 18.7 Å². The summed E-state index contributed by atoms with van der Waals surface area (Å²) in [7, 11) is -2.53. The van der Waals surface area contributed by atoms with Gasteiger partial charge in [0.25, 0.3) is 0 Å². The molecule has 0 radical (unpaired) electrons. The van der Waals surface area contributed by atoms with Crippen LogP contribution in [0.5, 0.6) is 0 Å². The molecule has 0 bridgehead atoms. The molecule has 0 spiro atoms. The van der Waals surface area contributed by atoms with Gasteiger partial charge in [0.2, 0.25) is 15.9 Å². The van der Waals surface area contributed by atoms with Gasteiger partial charge in [-0.25, -0.2) is 8.42 Å². The number of hydrogen-bond acceptors (Lipinski definition) is 3. The first-order valence-electron chi connectivity index (χ1n) is 6.43. The monoisotopic (exact) mass is 352 g/mol. The van der Waals surface area contributed by atoms with Crippen molar-refractivity contribution >= 4 is 39.1 Å². The molecule has 0 N–H and O–H groups in total. The molecule has 0 heterocycles. The van der Waals surface area contributed by atoms with Crippen molar-refractivity contribution in [2.24, 2.45) is 0 Å². The van der Waals surface area contributed by atoms with E-state index in [0.717, 1.165) is 4.31 Å². The molecule has 1 aromatic rings.